The van der Waals surface area contributed by atoms with Gasteiger partial charge in [0.2, 0.25) is 5.91 Å². The molecule has 0 aliphatic carbocycles. The fourth-order valence-electron chi connectivity index (χ4n) is 1.92. The van der Waals surface area contributed by atoms with Gasteiger partial charge in [-0.15, -0.1) is 0 Å². The van der Waals surface area contributed by atoms with Gasteiger partial charge in [-0.3, -0.25) is 4.79 Å². The topological polar surface area (TPSA) is 50.4 Å². The Labute approximate surface area is 121 Å². The molecule has 1 amide bonds. The molecule has 1 unspecified atom stereocenters. The van der Waals surface area contributed by atoms with E-state index in [-0.39, 0.29) is 12.0 Å². The van der Waals surface area contributed by atoms with Crippen LogP contribution in [0, 0.1) is 3.57 Å². The predicted molar refractivity (Wildman–Crippen MR) is 79.6 cm³/mol. The zero-order valence-electron chi connectivity index (χ0n) is 10.1. The monoisotopic (exact) mass is 360 g/mol. The minimum Gasteiger partial charge on any atom is -0.377 e. The molecule has 0 radical (unpaired) electrons. The molecule has 0 aromatic heterocycles. The Balaban J connectivity index is 1.68. The summed E-state index contributed by atoms with van der Waals surface area (Å²) in [6.07, 6.45) is 2.49. The Hall–Kier alpha value is -0.660. The lowest BCUT2D eigenvalue weighted by Gasteiger charge is -2.11. The summed E-state index contributed by atoms with van der Waals surface area (Å²) in [6.45, 7) is 1.92. The smallest absolute Gasteiger partial charge is 0.238 e. The van der Waals surface area contributed by atoms with E-state index in [1.807, 2.05) is 24.3 Å². The minimum atomic E-state index is -0.0185. The fourth-order valence-corrected chi connectivity index (χ4v) is 2.47. The molecule has 98 valence electrons. The quantitative estimate of drug-likeness (QED) is 0.790. The van der Waals surface area contributed by atoms with E-state index in [1.165, 1.54) is 0 Å². The average Bonchev–Trinajstić information content (AvgIpc) is 2.82. The van der Waals surface area contributed by atoms with E-state index in [1.54, 1.807) is 0 Å². The van der Waals surface area contributed by atoms with Gasteiger partial charge in [-0.2, -0.15) is 0 Å². The van der Waals surface area contributed by atoms with Crippen molar-refractivity contribution in [1.29, 1.82) is 0 Å². The van der Waals surface area contributed by atoms with Crippen LogP contribution in [-0.4, -0.2) is 31.7 Å². The van der Waals surface area contributed by atoms with E-state index in [2.05, 4.69) is 33.2 Å². The molecule has 1 aromatic carbocycles. The summed E-state index contributed by atoms with van der Waals surface area (Å²) in [5, 5.41) is 5.98. The Morgan fingerprint density at radius 3 is 3.11 bits per heavy atom. The van der Waals surface area contributed by atoms with E-state index in [0.717, 1.165) is 35.3 Å². The highest BCUT2D eigenvalue weighted by Crippen LogP contribution is 2.12. The van der Waals surface area contributed by atoms with Crippen molar-refractivity contribution >= 4 is 34.2 Å². The molecule has 1 aliphatic heterocycles. The van der Waals surface area contributed by atoms with Gasteiger partial charge in [-0.25, -0.2) is 0 Å². The highest BCUT2D eigenvalue weighted by molar-refractivity contribution is 14.1. The number of carbonyl (C=O) groups excluding carboxylic acids is 1. The van der Waals surface area contributed by atoms with Gasteiger partial charge in [0, 0.05) is 22.4 Å². The van der Waals surface area contributed by atoms with Crippen molar-refractivity contribution < 1.29 is 9.53 Å². The Morgan fingerprint density at radius 1 is 1.50 bits per heavy atom. The SMILES string of the molecule is O=C(CNCC1CCCO1)Nc1cccc(I)c1. The van der Waals surface area contributed by atoms with Crippen LogP contribution in [0.3, 0.4) is 0 Å². The van der Waals surface area contributed by atoms with Crippen molar-refractivity contribution in [1.82, 2.24) is 5.32 Å². The maximum absolute atomic E-state index is 11.7. The number of ether oxygens (including phenoxy) is 1. The van der Waals surface area contributed by atoms with Crippen LogP contribution >= 0.6 is 22.6 Å². The number of hydrogen-bond acceptors (Lipinski definition) is 3. The largest absolute Gasteiger partial charge is 0.377 e. The van der Waals surface area contributed by atoms with Crippen molar-refractivity contribution in [2.24, 2.45) is 0 Å². The lowest BCUT2D eigenvalue weighted by Crippen LogP contribution is -2.33. The number of hydrogen-bond donors (Lipinski definition) is 2. The summed E-state index contributed by atoms with van der Waals surface area (Å²) < 4.78 is 6.58. The first-order valence-electron chi connectivity index (χ1n) is 6.12. The van der Waals surface area contributed by atoms with E-state index in [9.17, 15) is 4.79 Å². The maximum atomic E-state index is 11.7. The molecule has 1 aliphatic rings. The fraction of sp³-hybridized carbons (Fsp3) is 0.462. The Morgan fingerprint density at radius 2 is 2.39 bits per heavy atom. The van der Waals surface area contributed by atoms with Gasteiger partial charge in [0.15, 0.2) is 0 Å². The summed E-state index contributed by atoms with van der Waals surface area (Å²) in [5.74, 6) is -0.0185. The number of benzene rings is 1. The van der Waals surface area contributed by atoms with E-state index in [4.69, 9.17) is 4.74 Å². The first-order chi connectivity index (χ1) is 8.74. The second-order valence-electron chi connectivity index (χ2n) is 4.32. The predicted octanol–water partition coefficient (Wildman–Crippen LogP) is 2.00. The maximum Gasteiger partial charge on any atom is 0.238 e. The third kappa shape index (κ3) is 4.55. The van der Waals surface area contributed by atoms with Crippen LogP contribution in [0.1, 0.15) is 12.8 Å². The number of halogens is 1. The van der Waals surface area contributed by atoms with Crippen LogP contribution in [0.5, 0.6) is 0 Å². The van der Waals surface area contributed by atoms with Crippen LogP contribution in [0.25, 0.3) is 0 Å². The van der Waals surface area contributed by atoms with Crippen molar-refractivity contribution in [2.75, 3.05) is 25.0 Å². The number of amides is 1. The number of nitrogens with one attached hydrogen (secondary N) is 2. The highest BCUT2D eigenvalue weighted by Gasteiger charge is 2.15. The van der Waals surface area contributed by atoms with E-state index >= 15 is 0 Å². The van der Waals surface area contributed by atoms with Gasteiger partial charge >= 0.3 is 0 Å². The van der Waals surface area contributed by atoms with E-state index in [0.29, 0.717) is 6.54 Å². The number of anilines is 1. The number of rotatable bonds is 5. The molecular formula is C13H17IN2O2. The van der Waals surface area contributed by atoms with Gasteiger partial charge in [-0.05, 0) is 53.6 Å². The Bertz CT molecular complexity index is 406. The second-order valence-corrected chi connectivity index (χ2v) is 5.57. The molecule has 0 bridgehead atoms. The second kappa shape index (κ2) is 7.06. The highest BCUT2D eigenvalue weighted by atomic mass is 127. The molecule has 0 saturated carbocycles. The zero-order chi connectivity index (χ0) is 12.8. The van der Waals surface area contributed by atoms with Gasteiger partial charge in [0.1, 0.15) is 0 Å². The van der Waals surface area contributed by atoms with E-state index < -0.39 is 0 Å². The van der Waals surface area contributed by atoms with Crippen molar-refractivity contribution in [3.8, 4) is 0 Å². The van der Waals surface area contributed by atoms with Crippen LogP contribution in [0.2, 0.25) is 0 Å². The summed E-state index contributed by atoms with van der Waals surface area (Å²) in [6, 6.07) is 7.75. The van der Waals surface area contributed by atoms with Crippen LogP contribution < -0.4 is 10.6 Å². The molecule has 1 saturated heterocycles. The van der Waals surface area contributed by atoms with Crippen molar-refractivity contribution in [3.05, 3.63) is 27.8 Å². The lowest BCUT2D eigenvalue weighted by molar-refractivity contribution is -0.115. The number of carbonyl (C=O) groups is 1. The average molecular weight is 360 g/mol. The third-order valence-electron chi connectivity index (χ3n) is 2.79. The minimum absolute atomic E-state index is 0.0185. The first-order valence-corrected chi connectivity index (χ1v) is 7.19. The standard InChI is InChI=1S/C13H17IN2O2/c14-10-3-1-4-11(7-10)16-13(17)9-15-8-12-5-2-6-18-12/h1,3-4,7,12,15H,2,5-6,8-9H2,(H,16,17). The molecular weight excluding hydrogens is 343 g/mol. The zero-order valence-corrected chi connectivity index (χ0v) is 12.3. The molecule has 5 heteroatoms. The summed E-state index contributed by atoms with van der Waals surface area (Å²) in [7, 11) is 0. The molecule has 2 rings (SSSR count). The normalized spacial score (nSPS) is 18.8. The molecule has 4 nitrogen and oxygen atoms in total. The summed E-state index contributed by atoms with van der Waals surface area (Å²) in [4.78, 5) is 11.7. The van der Waals surface area contributed by atoms with Crippen LogP contribution in [-0.2, 0) is 9.53 Å². The molecule has 18 heavy (non-hydrogen) atoms. The summed E-state index contributed by atoms with van der Waals surface area (Å²) >= 11 is 2.22. The van der Waals surface area contributed by atoms with Crippen LogP contribution in [0.4, 0.5) is 5.69 Å². The van der Waals surface area contributed by atoms with Gasteiger partial charge in [0.05, 0.1) is 12.6 Å². The van der Waals surface area contributed by atoms with Gasteiger partial charge < -0.3 is 15.4 Å². The Kier molecular flexibility index (Phi) is 5.40. The molecule has 1 aromatic rings. The lowest BCUT2D eigenvalue weighted by atomic mass is 10.2. The van der Waals surface area contributed by atoms with Crippen molar-refractivity contribution in [3.63, 3.8) is 0 Å². The summed E-state index contributed by atoms with van der Waals surface area (Å²) in [5.41, 5.74) is 0.839. The molecule has 2 N–H and O–H groups in total. The molecule has 1 fully saturated rings. The molecule has 0 spiro atoms. The first kappa shape index (κ1) is 13.8. The molecule has 1 heterocycles. The molecule has 1 atom stereocenters. The van der Waals surface area contributed by atoms with Crippen LogP contribution in [0.15, 0.2) is 24.3 Å². The van der Waals surface area contributed by atoms with Gasteiger partial charge in [0.25, 0.3) is 0 Å². The van der Waals surface area contributed by atoms with Gasteiger partial charge in [-0.1, -0.05) is 6.07 Å². The third-order valence-corrected chi connectivity index (χ3v) is 3.46. The van der Waals surface area contributed by atoms with Crippen molar-refractivity contribution in [2.45, 2.75) is 18.9 Å².